The second-order valence-corrected chi connectivity index (χ2v) is 17.4. The number of imide groups is 1. The molecule has 3 saturated heterocycles. The summed E-state index contributed by atoms with van der Waals surface area (Å²) in [5.74, 6) is -0.667. The lowest BCUT2D eigenvalue weighted by Gasteiger charge is -2.39. The molecule has 5 N–H and O–H groups in total. The molecule has 328 valence electrons. The van der Waals surface area contributed by atoms with Crippen LogP contribution in [0.4, 0.5) is 17.1 Å². The third-order valence-electron chi connectivity index (χ3n) is 13.4. The lowest BCUT2D eigenvalue weighted by Crippen LogP contribution is -2.52. The first kappa shape index (κ1) is 42.2. The van der Waals surface area contributed by atoms with E-state index < -0.39 is 11.9 Å². The van der Waals surface area contributed by atoms with E-state index >= 15 is 0 Å². The maximum atomic E-state index is 13.2. The zero-order chi connectivity index (χ0) is 43.5. The molecule has 15 nitrogen and oxygen atoms in total. The Kier molecular flexibility index (Phi) is 12.5. The van der Waals surface area contributed by atoms with Crippen LogP contribution in [0.15, 0.2) is 85.2 Å². The molecule has 0 saturated carbocycles. The van der Waals surface area contributed by atoms with Crippen molar-refractivity contribution in [1.82, 2.24) is 29.9 Å². The minimum Gasteiger partial charge on any atom is -0.394 e. The van der Waals surface area contributed by atoms with Gasteiger partial charge in [0.1, 0.15) is 6.04 Å². The van der Waals surface area contributed by atoms with Crippen LogP contribution in [0, 0.1) is 5.92 Å². The summed E-state index contributed by atoms with van der Waals surface area (Å²) >= 11 is 0. The highest BCUT2D eigenvalue weighted by molar-refractivity contribution is 6.06. The highest BCUT2D eigenvalue weighted by Gasteiger charge is 2.44. The van der Waals surface area contributed by atoms with Crippen molar-refractivity contribution < 1.29 is 29.1 Å². The summed E-state index contributed by atoms with van der Waals surface area (Å²) in [4.78, 5) is 75.8. The average molecular weight is 854 g/mol. The van der Waals surface area contributed by atoms with E-state index in [0.717, 1.165) is 72.8 Å². The largest absolute Gasteiger partial charge is 0.394 e. The third-order valence-corrected chi connectivity index (χ3v) is 13.4. The van der Waals surface area contributed by atoms with Crippen LogP contribution in [0.3, 0.4) is 0 Å². The lowest BCUT2D eigenvalue weighted by atomic mass is 9.82. The van der Waals surface area contributed by atoms with E-state index in [1.165, 1.54) is 11.1 Å². The van der Waals surface area contributed by atoms with Crippen molar-refractivity contribution in [2.24, 2.45) is 5.92 Å². The predicted molar refractivity (Wildman–Crippen MR) is 238 cm³/mol. The second-order valence-electron chi connectivity index (χ2n) is 17.4. The summed E-state index contributed by atoms with van der Waals surface area (Å²) in [7, 11) is 0. The van der Waals surface area contributed by atoms with Gasteiger partial charge >= 0.3 is 0 Å². The lowest BCUT2D eigenvalue weighted by molar-refractivity contribution is -0.137. The number of aromatic nitrogens is 1. The molecule has 6 heterocycles. The van der Waals surface area contributed by atoms with Gasteiger partial charge in [-0.15, -0.1) is 0 Å². The number of carbonyl (C=O) groups is 5. The zero-order valence-corrected chi connectivity index (χ0v) is 35.4. The van der Waals surface area contributed by atoms with Gasteiger partial charge < -0.3 is 30.9 Å². The normalized spacial score (nSPS) is 22.3. The highest BCUT2D eigenvalue weighted by atomic mass is 16.3. The Balaban J connectivity index is 0.721. The Morgan fingerprint density at radius 1 is 0.873 bits per heavy atom. The molecular weight excluding hydrogens is 799 g/mol. The van der Waals surface area contributed by atoms with Crippen LogP contribution in [-0.4, -0.2) is 124 Å². The van der Waals surface area contributed by atoms with E-state index in [4.69, 9.17) is 0 Å². The number of amides is 5. The smallest absolute Gasteiger partial charge is 0.255 e. The fourth-order valence-corrected chi connectivity index (χ4v) is 10.1. The molecular formula is C48H55N9O6. The minimum absolute atomic E-state index is 0.000313. The maximum Gasteiger partial charge on any atom is 0.255 e. The van der Waals surface area contributed by atoms with E-state index in [0.29, 0.717) is 63.5 Å². The van der Waals surface area contributed by atoms with Crippen molar-refractivity contribution >= 4 is 46.6 Å². The van der Waals surface area contributed by atoms with Crippen molar-refractivity contribution in [2.45, 2.75) is 69.7 Å². The van der Waals surface area contributed by atoms with Crippen LogP contribution in [0.25, 0.3) is 11.1 Å². The predicted octanol–water partition coefficient (Wildman–Crippen LogP) is 4.22. The van der Waals surface area contributed by atoms with Gasteiger partial charge in [-0.25, -0.2) is 0 Å². The van der Waals surface area contributed by atoms with Crippen molar-refractivity contribution in [1.29, 1.82) is 0 Å². The fourth-order valence-electron chi connectivity index (χ4n) is 10.1. The van der Waals surface area contributed by atoms with Crippen LogP contribution in [-0.2, 0) is 32.3 Å². The fraction of sp³-hybridized carbons (Fsp3) is 0.417. The van der Waals surface area contributed by atoms with Gasteiger partial charge in [-0.1, -0.05) is 24.3 Å². The van der Waals surface area contributed by atoms with Crippen LogP contribution >= 0.6 is 0 Å². The van der Waals surface area contributed by atoms with E-state index in [2.05, 4.69) is 72.4 Å². The number of nitrogens with zero attached hydrogens (tertiary/aromatic N) is 5. The van der Waals surface area contributed by atoms with Crippen LogP contribution in [0.5, 0.6) is 0 Å². The molecule has 63 heavy (non-hydrogen) atoms. The number of pyridine rings is 1. The van der Waals surface area contributed by atoms with Crippen LogP contribution < -0.4 is 21.3 Å². The van der Waals surface area contributed by atoms with Crippen molar-refractivity contribution in [3.63, 3.8) is 0 Å². The Bertz CT molecular complexity index is 2380. The first-order valence-electron chi connectivity index (χ1n) is 22.3. The Morgan fingerprint density at radius 3 is 2.54 bits per heavy atom. The highest BCUT2D eigenvalue weighted by Crippen LogP contribution is 2.48. The van der Waals surface area contributed by atoms with Gasteiger partial charge in [0.05, 0.1) is 19.2 Å². The van der Waals surface area contributed by atoms with Crippen molar-refractivity contribution in [3.05, 3.63) is 107 Å². The zero-order valence-electron chi connectivity index (χ0n) is 35.4. The SMILES string of the molecule is O=C1CCC(N2Cc3c(NCCCN4CCN(CCCC(=O)Nc5cccc(-c6ccc7c(c6)[C@H]6[C@H](CCN6Cc6ccncc6)[C@@H](CO)N7)c5)C(=O)C4)cccc3C2=O)C(=O)N1. The number of aliphatic hydroxyl groups excluding tert-OH is 1. The number of hydrogen-bond donors (Lipinski definition) is 5. The second kappa shape index (κ2) is 18.7. The van der Waals surface area contributed by atoms with Crippen molar-refractivity contribution in [2.75, 3.05) is 68.4 Å². The molecule has 3 aromatic carbocycles. The van der Waals surface area contributed by atoms with Gasteiger partial charge in [0.25, 0.3) is 5.91 Å². The molecule has 3 fully saturated rings. The summed E-state index contributed by atoms with van der Waals surface area (Å²) in [6.07, 6.45) is 6.87. The molecule has 0 spiro atoms. The number of nitrogens with one attached hydrogen (secondary N) is 4. The molecule has 9 rings (SSSR count). The summed E-state index contributed by atoms with van der Waals surface area (Å²) < 4.78 is 0. The minimum atomic E-state index is -0.655. The number of hydrogen-bond acceptors (Lipinski definition) is 11. The Labute approximate surface area is 367 Å². The number of fused-ring (bicyclic) bond motifs is 4. The number of aliphatic hydroxyl groups is 1. The molecule has 0 bridgehead atoms. The molecule has 0 radical (unpaired) electrons. The van der Waals surface area contributed by atoms with E-state index in [1.807, 2.05) is 47.6 Å². The number of benzene rings is 3. The number of anilines is 3. The molecule has 15 heteroatoms. The summed E-state index contributed by atoms with van der Waals surface area (Å²) in [5.41, 5.74) is 8.57. The average Bonchev–Trinajstić information content (AvgIpc) is 3.87. The molecule has 5 aliphatic heterocycles. The Hall–Kier alpha value is -6.16. The topological polar surface area (TPSA) is 180 Å². The van der Waals surface area contributed by atoms with Gasteiger partial charge in [-0.2, -0.15) is 0 Å². The number of rotatable bonds is 15. The number of piperidine rings is 1. The number of likely N-dealkylation sites (tertiary alicyclic amines) is 1. The Morgan fingerprint density at radius 2 is 1.71 bits per heavy atom. The van der Waals surface area contributed by atoms with Gasteiger partial charge in [-0.3, -0.25) is 44.1 Å². The quantitative estimate of drug-likeness (QED) is 0.0855. The number of carbonyl (C=O) groups excluding carboxylic acids is 5. The number of piperazine rings is 1. The standard InChI is InChI=1S/C48H55N9O6/c58-30-41-36-16-22-56(27-31-14-18-49-19-15-31)46(36)37-26-33(10-11-40(37)52-41)32-5-1-6-34(25-32)51-43(59)9-3-21-55-24-23-54(29-45(55)61)20-4-17-50-39-8-2-7-35-38(39)28-57(48(35)63)42-12-13-44(60)53-47(42)62/h1-2,5-8,10-11,14-15,18-19,25-26,36,41-42,46,50,52,58H,3-4,9,12-13,16-17,20-24,27-30H2,(H,51,59)(H,53,60,62)/t36-,41-,42?,46-/m1/s1. The van der Waals surface area contributed by atoms with E-state index in [-0.39, 0.29) is 48.7 Å². The molecule has 0 aliphatic carbocycles. The molecule has 5 aliphatic rings. The summed E-state index contributed by atoms with van der Waals surface area (Å²) in [6.45, 7) is 5.78. The van der Waals surface area contributed by atoms with Gasteiger partial charge in [0.2, 0.25) is 23.6 Å². The molecule has 4 aromatic rings. The molecule has 4 atom stereocenters. The summed E-state index contributed by atoms with van der Waals surface area (Å²) in [5, 5.41) is 22.8. The van der Waals surface area contributed by atoms with Gasteiger partial charge in [0.15, 0.2) is 0 Å². The molecule has 5 amide bonds. The van der Waals surface area contributed by atoms with Gasteiger partial charge in [-0.05, 0) is 103 Å². The molecule has 1 aromatic heterocycles. The summed E-state index contributed by atoms with van der Waals surface area (Å²) in [6, 6.07) is 23.6. The van der Waals surface area contributed by atoms with E-state index in [9.17, 15) is 29.1 Å². The first-order chi connectivity index (χ1) is 30.7. The van der Waals surface area contributed by atoms with Crippen LogP contribution in [0.2, 0.25) is 0 Å². The molecule has 1 unspecified atom stereocenters. The monoisotopic (exact) mass is 853 g/mol. The van der Waals surface area contributed by atoms with Crippen LogP contribution in [0.1, 0.15) is 71.6 Å². The maximum absolute atomic E-state index is 13.2. The third kappa shape index (κ3) is 9.17. The van der Waals surface area contributed by atoms with E-state index in [1.54, 1.807) is 11.0 Å². The first-order valence-corrected chi connectivity index (χ1v) is 22.3. The van der Waals surface area contributed by atoms with Crippen molar-refractivity contribution in [3.8, 4) is 11.1 Å². The van der Waals surface area contributed by atoms with Gasteiger partial charge in [0, 0.05) is 111 Å².